The van der Waals surface area contributed by atoms with Crippen LogP contribution in [-0.4, -0.2) is 36.8 Å². The van der Waals surface area contributed by atoms with Crippen LogP contribution in [0.25, 0.3) is 0 Å². The van der Waals surface area contributed by atoms with E-state index in [1.54, 1.807) is 0 Å². The fourth-order valence-electron chi connectivity index (χ4n) is 2.19. The van der Waals surface area contributed by atoms with Crippen molar-refractivity contribution in [2.45, 2.75) is 30.2 Å². The van der Waals surface area contributed by atoms with Crippen LogP contribution in [0.2, 0.25) is 0 Å². The summed E-state index contributed by atoms with van der Waals surface area (Å²) >= 11 is 0. The number of sulfonamides is 1. The number of rotatable bonds is 3. The normalized spacial score (nSPS) is 20.8. The first kappa shape index (κ1) is 16.3. The van der Waals surface area contributed by atoms with E-state index in [4.69, 9.17) is 5.73 Å². The molecule has 1 fully saturated rings. The van der Waals surface area contributed by atoms with Crippen LogP contribution in [0.3, 0.4) is 0 Å². The van der Waals surface area contributed by atoms with Crippen LogP contribution >= 0.6 is 12.4 Å². The van der Waals surface area contributed by atoms with Crippen LogP contribution in [0, 0.1) is 5.82 Å². The molecule has 19 heavy (non-hydrogen) atoms. The van der Waals surface area contributed by atoms with Gasteiger partial charge in [-0.2, -0.15) is 4.31 Å². The van der Waals surface area contributed by atoms with E-state index in [0.29, 0.717) is 6.54 Å². The summed E-state index contributed by atoms with van der Waals surface area (Å²) in [6.45, 7) is 0.711. The summed E-state index contributed by atoms with van der Waals surface area (Å²) in [5, 5.41) is 0. The molecule has 108 valence electrons. The second-order valence-corrected chi connectivity index (χ2v) is 6.23. The molecule has 8 heteroatoms. The first-order valence-electron chi connectivity index (χ1n) is 5.88. The van der Waals surface area contributed by atoms with E-state index in [9.17, 15) is 12.8 Å². The summed E-state index contributed by atoms with van der Waals surface area (Å²) in [4.78, 5) is 3.48. The van der Waals surface area contributed by atoms with Gasteiger partial charge in [-0.05, 0) is 18.9 Å². The average Bonchev–Trinajstić information content (AvgIpc) is 2.38. The number of nitrogens with zero attached hydrogens (tertiary/aromatic N) is 2. The fourth-order valence-corrected chi connectivity index (χ4v) is 3.87. The molecule has 1 saturated heterocycles. The highest BCUT2D eigenvalue weighted by molar-refractivity contribution is 7.89. The third-order valence-corrected chi connectivity index (χ3v) is 5.05. The fraction of sp³-hybridized carbons (Fsp3) is 0.545. The van der Waals surface area contributed by atoms with Crippen LogP contribution in [-0.2, 0) is 10.0 Å². The first-order chi connectivity index (χ1) is 8.55. The predicted molar refractivity (Wildman–Crippen MR) is 72.0 cm³/mol. The Bertz CT molecular complexity index is 526. The lowest BCUT2D eigenvalue weighted by molar-refractivity contribution is 0.257. The van der Waals surface area contributed by atoms with Gasteiger partial charge in [-0.1, -0.05) is 6.42 Å². The number of halogens is 2. The topological polar surface area (TPSA) is 76.3 Å². The smallest absolute Gasteiger partial charge is 0.245 e. The Morgan fingerprint density at radius 2 is 2.16 bits per heavy atom. The first-order valence-corrected chi connectivity index (χ1v) is 7.32. The summed E-state index contributed by atoms with van der Waals surface area (Å²) in [5.74, 6) is -0.655. The van der Waals surface area contributed by atoms with E-state index >= 15 is 0 Å². The lowest BCUT2D eigenvalue weighted by Gasteiger charge is -2.33. The average molecular weight is 310 g/mol. The molecule has 0 amide bonds. The maximum absolute atomic E-state index is 13.1. The molecule has 1 aliphatic rings. The van der Waals surface area contributed by atoms with Gasteiger partial charge >= 0.3 is 0 Å². The predicted octanol–water partition coefficient (Wildman–Crippen LogP) is 1.14. The van der Waals surface area contributed by atoms with Crippen molar-refractivity contribution in [2.75, 3.05) is 13.1 Å². The maximum Gasteiger partial charge on any atom is 0.245 e. The Balaban J connectivity index is 0.00000180. The van der Waals surface area contributed by atoms with E-state index in [1.165, 1.54) is 10.5 Å². The highest BCUT2D eigenvalue weighted by Gasteiger charge is 2.32. The van der Waals surface area contributed by atoms with E-state index < -0.39 is 15.8 Å². The van der Waals surface area contributed by atoms with Crippen molar-refractivity contribution in [3.05, 3.63) is 24.3 Å². The molecule has 0 bridgehead atoms. The van der Waals surface area contributed by atoms with Gasteiger partial charge in [0.15, 0.2) is 0 Å². The molecule has 0 saturated carbocycles. The molecule has 1 aromatic heterocycles. The van der Waals surface area contributed by atoms with Gasteiger partial charge in [0.2, 0.25) is 10.0 Å². The monoisotopic (exact) mass is 309 g/mol. The lowest BCUT2D eigenvalue weighted by Crippen LogP contribution is -2.47. The van der Waals surface area contributed by atoms with E-state index in [-0.39, 0.29) is 29.9 Å². The minimum absolute atomic E-state index is 0. The molecule has 0 aromatic carbocycles. The van der Waals surface area contributed by atoms with Gasteiger partial charge in [0, 0.05) is 25.3 Å². The second-order valence-electron chi connectivity index (χ2n) is 4.34. The van der Waals surface area contributed by atoms with Gasteiger partial charge in [-0.3, -0.25) is 4.98 Å². The molecule has 2 N–H and O–H groups in total. The Morgan fingerprint density at radius 1 is 1.42 bits per heavy atom. The molecule has 5 nitrogen and oxygen atoms in total. The molecule has 1 aromatic rings. The summed E-state index contributed by atoms with van der Waals surface area (Å²) in [5.41, 5.74) is 5.60. The summed E-state index contributed by atoms with van der Waals surface area (Å²) in [6, 6.07) is 0.789. The number of nitrogens with two attached hydrogens (primary N) is 1. The highest BCUT2D eigenvalue weighted by atomic mass is 35.5. The van der Waals surface area contributed by atoms with Crippen molar-refractivity contribution in [2.24, 2.45) is 5.73 Å². The molecule has 2 rings (SSSR count). The Labute approximate surface area is 118 Å². The van der Waals surface area contributed by atoms with Crippen molar-refractivity contribution in [1.82, 2.24) is 9.29 Å². The Hall–Kier alpha value is -0.760. The highest BCUT2D eigenvalue weighted by Crippen LogP contribution is 2.24. The minimum Gasteiger partial charge on any atom is -0.329 e. The molecule has 0 spiro atoms. The molecule has 1 atom stereocenters. The second kappa shape index (κ2) is 6.60. The van der Waals surface area contributed by atoms with Crippen molar-refractivity contribution in [3.8, 4) is 0 Å². The van der Waals surface area contributed by atoms with E-state index in [0.717, 1.165) is 31.5 Å². The van der Waals surface area contributed by atoms with Gasteiger partial charge in [0.05, 0.1) is 6.20 Å². The van der Waals surface area contributed by atoms with Crippen molar-refractivity contribution in [1.29, 1.82) is 0 Å². The molecule has 1 unspecified atom stereocenters. The number of pyridine rings is 1. The standard InChI is InChI=1S/C11H16FN3O2S.ClH/c12-9-5-11(8-14-7-9)18(16,17)15-4-2-1-3-10(15)6-13;/h5,7-8,10H,1-4,6,13H2;1H. The number of hydrogen-bond donors (Lipinski definition) is 1. The van der Waals surface area contributed by atoms with Crippen molar-refractivity contribution < 1.29 is 12.8 Å². The number of piperidine rings is 1. The van der Waals surface area contributed by atoms with E-state index in [2.05, 4.69) is 4.98 Å². The van der Waals surface area contributed by atoms with Gasteiger partial charge in [-0.25, -0.2) is 12.8 Å². The summed E-state index contributed by atoms with van der Waals surface area (Å²) in [6.07, 6.45) is 4.67. The summed E-state index contributed by atoms with van der Waals surface area (Å²) in [7, 11) is -3.69. The van der Waals surface area contributed by atoms with Crippen LogP contribution in [0.1, 0.15) is 19.3 Å². The molecule has 0 radical (unpaired) electrons. The summed E-state index contributed by atoms with van der Waals surface area (Å²) < 4.78 is 39.2. The third kappa shape index (κ3) is 3.42. The van der Waals surface area contributed by atoms with Crippen LogP contribution in [0.5, 0.6) is 0 Å². The zero-order valence-electron chi connectivity index (χ0n) is 10.3. The molecule has 2 heterocycles. The molecular weight excluding hydrogens is 293 g/mol. The zero-order valence-corrected chi connectivity index (χ0v) is 12.0. The Morgan fingerprint density at radius 3 is 2.79 bits per heavy atom. The van der Waals surface area contributed by atoms with Gasteiger partial charge in [0.1, 0.15) is 10.7 Å². The third-order valence-electron chi connectivity index (χ3n) is 3.13. The van der Waals surface area contributed by atoms with Gasteiger partial charge in [-0.15, -0.1) is 12.4 Å². The van der Waals surface area contributed by atoms with Gasteiger partial charge < -0.3 is 5.73 Å². The SMILES string of the molecule is Cl.NCC1CCCCN1S(=O)(=O)c1cncc(F)c1. The van der Waals surface area contributed by atoms with Crippen molar-refractivity contribution in [3.63, 3.8) is 0 Å². The number of aromatic nitrogens is 1. The zero-order chi connectivity index (χ0) is 13.2. The van der Waals surface area contributed by atoms with Crippen LogP contribution < -0.4 is 5.73 Å². The van der Waals surface area contributed by atoms with E-state index in [1.807, 2.05) is 0 Å². The molecular formula is C11H17ClFN3O2S. The molecule has 1 aliphatic heterocycles. The quantitative estimate of drug-likeness (QED) is 0.908. The van der Waals surface area contributed by atoms with Crippen LogP contribution in [0.4, 0.5) is 4.39 Å². The number of hydrogen-bond acceptors (Lipinski definition) is 4. The van der Waals surface area contributed by atoms with Gasteiger partial charge in [0.25, 0.3) is 0 Å². The Kier molecular flexibility index (Phi) is 5.66. The largest absolute Gasteiger partial charge is 0.329 e. The van der Waals surface area contributed by atoms with Crippen LogP contribution in [0.15, 0.2) is 23.4 Å². The maximum atomic E-state index is 13.1. The molecule has 0 aliphatic carbocycles. The minimum atomic E-state index is -3.69. The van der Waals surface area contributed by atoms with Crippen molar-refractivity contribution >= 4 is 22.4 Å². The lowest BCUT2D eigenvalue weighted by atomic mass is 10.1.